The van der Waals surface area contributed by atoms with Crippen LogP contribution in [0.3, 0.4) is 0 Å². The molecule has 0 bridgehead atoms. The summed E-state index contributed by atoms with van der Waals surface area (Å²) in [7, 11) is 0. The maximum absolute atomic E-state index is 11.8. The third kappa shape index (κ3) is 1.55. The van der Waals surface area contributed by atoms with Crippen LogP contribution in [-0.2, 0) is 6.54 Å². The van der Waals surface area contributed by atoms with Crippen LogP contribution in [0.4, 0.5) is 4.39 Å². The van der Waals surface area contributed by atoms with Crippen molar-refractivity contribution < 1.29 is 14.3 Å². The monoisotopic (exact) mass is 192 g/mol. The largest absolute Gasteiger partial charge is 0.476 e. The van der Waals surface area contributed by atoms with E-state index in [9.17, 15) is 9.18 Å². The van der Waals surface area contributed by atoms with Gasteiger partial charge >= 0.3 is 5.97 Å². The molecule has 1 aromatic heterocycles. The topological polar surface area (TPSA) is 55.1 Å². The summed E-state index contributed by atoms with van der Waals surface area (Å²) in [4.78, 5) is 10.5. The average molecular weight is 193 g/mol. The molecule has 12 heavy (non-hydrogen) atoms. The third-order valence-corrected chi connectivity index (χ3v) is 1.57. The number of rotatable bonds is 3. The summed E-state index contributed by atoms with van der Waals surface area (Å²) in [6.07, 6.45) is 1.18. The number of aromatic nitrogens is 2. The molecule has 0 unspecified atom stereocenters. The molecule has 1 heterocycles. The van der Waals surface area contributed by atoms with Gasteiger partial charge in [0.25, 0.3) is 0 Å². The summed E-state index contributed by atoms with van der Waals surface area (Å²) in [5, 5.41) is 12.2. The smallest absolute Gasteiger partial charge is 0.355 e. The Morgan fingerprint density at radius 3 is 3.00 bits per heavy atom. The van der Waals surface area contributed by atoms with Crippen LogP contribution < -0.4 is 0 Å². The van der Waals surface area contributed by atoms with Crippen molar-refractivity contribution >= 4 is 17.6 Å². The Bertz CT molecular complexity index is 300. The minimum absolute atomic E-state index is 0.0240. The first-order valence-corrected chi connectivity index (χ1v) is 3.55. The van der Waals surface area contributed by atoms with Crippen LogP contribution in [0.5, 0.6) is 0 Å². The number of carbonyl (C=O) groups is 1. The fourth-order valence-electron chi connectivity index (χ4n) is 0.825. The zero-order valence-corrected chi connectivity index (χ0v) is 6.75. The van der Waals surface area contributed by atoms with E-state index in [-0.39, 0.29) is 17.3 Å². The highest BCUT2D eigenvalue weighted by Crippen LogP contribution is 2.14. The van der Waals surface area contributed by atoms with Gasteiger partial charge < -0.3 is 5.11 Å². The van der Waals surface area contributed by atoms with Gasteiger partial charge in [-0.1, -0.05) is 11.6 Å². The Kier molecular flexibility index (Phi) is 2.65. The van der Waals surface area contributed by atoms with Gasteiger partial charge in [0, 0.05) is 0 Å². The van der Waals surface area contributed by atoms with E-state index in [4.69, 9.17) is 16.7 Å². The van der Waals surface area contributed by atoms with Crippen molar-refractivity contribution in [3.63, 3.8) is 0 Å². The summed E-state index contributed by atoms with van der Waals surface area (Å²) in [5.74, 6) is -1.20. The summed E-state index contributed by atoms with van der Waals surface area (Å²) < 4.78 is 12.9. The van der Waals surface area contributed by atoms with Crippen molar-refractivity contribution in [3.8, 4) is 0 Å². The highest BCUT2D eigenvalue weighted by molar-refractivity contribution is 6.33. The van der Waals surface area contributed by atoms with Gasteiger partial charge in [0.1, 0.15) is 6.67 Å². The molecule has 0 saturated heterocycles. The minimum atomic E-state index is -1.20. The first-order valence-electron chi connectivity index (χ1n) is 3.17. The number of carboxylic acids is 1. The lowest BCUT2D eigenvalue weighted by Gasteiger charge is -1.99. The normalized spacial score (nSPS) is 10.2. The van der Waals surface area contributed by atoms with Gasteiger partial charge in [-0.25, -0.2) is 9.18 Å². The van der Waals surface area contributed by atoms with E-state index in [2.05, 4.69) is 5.10 Å². The van der Waals surface area contributed by atoms with Crippen molar-refractivity contribution in [2.24, 2.45) is 0 Å². The van der Waals surface area contributed by atoms with E-state index in [1.165, 1.54) is 6.20 Å². The molecule has 66 valence electrons. The molecule has 6 heteroatoms. The molecular weight excluding hydrogens is 187 g/mol. The number of hydrogen-bond acceptors (Lipinski definition) is 2. The molecule has 0 fully saturated rings. The summed E-state index contributed by atoms with van der Waals surface area (Å²) in [6.45, 7) is -0.757. The Hall–Kier alpha value is -1.10. The zero-order chi connectivity index (χ0) is 9.14. The highest BCUT2D eigenvalue weighted by Gasteiger charge is 2.15. The lowest BCUT2D eigenvalue weighted by molar-refractivity contribution is 0.0683. The Labute approximate surface area is 72.6 Å². The third-order valence-electron chi connectivity index (χ3n) is 1.29. The lowest BCUT2D eigenvalue weighted by atomic mass is 10.4. The fourth-order valence-corrected chi connectivity index (χ4v) is 1.05. The van der Waals surface area contributed by atoms with E-state index >= 15 is 0 Å². The SMILES string of the molecule is O=C(O)c1c(Cl)cnn1CCF. The number of alkyl halides is 1. The van der Waals surface area contributed by atoms with E-state index < -0.39 is 12.6 Å². The maximum atomic E-state index is 11.8. The van der Waals surface area contributed by atoms with Crippen molar-refractivity contribution in [1.29, 1.82) is 0 Å². The van der Waals surface area contributed by atoms with Crippen LogP contribution in [-0.4, -0.2) is 27.5 Å². The molecule has 0 radical (unpaired) electrons. The van der Waals surface area contributed by atoms with Crippen molar-refractivity contribution in [2.45, 2.75) is 6.54 Å². The molecule has 1 aromatic rings. The number of halogens is 2. The van der Waals surface area contributed by atoms with Crippen LogP contribution in [0.1, 0.15) is 10.5 Å². The molecule has 0 amide bonds. The Morgan fingerprint density at radius 2 is 2.50 bits per heavy atom. The number of hydrogen-bond donors (Lipinski definition) is 1. The molecule has 0 aliphatic carbocycles. The highest BCUT2D eigenvalue weighted by atomic mass is 35.5. The van der Waals surface area contributed by atoms with E-state index in [0.717, 1.165) is 4.68 Å². The number of carboxylic acid groups (broad SMARTS) is 1. The first kappa shape index (κ1) is 8.99. The molecule has 0 aliphatic heterocycles. The second-order valence-corrected chi connectivity index (χ2v) is 2.47. The average Bonchev–Trinajstić information content (AvgIpc) is 2.32. The van der Waals surface area contributed by atoms with Gasteiger partial charge in [0.05, 0.1) is 17.8 Å². The number of aryl methyl sites for hydroxylation is 1. The first-order chi connectivity index (χ1) is 5.66. The standard InChI is InChI=1S/C6H6ClFN2O2/c7-4-3-9-10(2-1-8)5(4)6(11)12/h3H,1-2H2,(H,11,12). The van der Waals surface area contributed by atoms with Gasteiger partial charge in [-0.3, -0.25) is 4.68 Å². The second kappa shape index (κ2) is 3.53. The predicted octanol–water partition coefficient (Wildman–Crippen LogP) is 1.20. The van der Waals surface area contributed by atoms with Gasteiger partial charge in [-0.2, -0.15) is 5.10 Å². The van der Waals surface area contributed by atoms with Crippen LogP contribution in [0.15, 0.2) is 6.20 Å². The van der Waals surface area contributed by atoms with Crippen LogP contribution in [0, 0.1) is 0 Å². The summed E-state index contributed by atoms with van der Waals surface area (Å²) in [5.41, 5.74) is -0.172. The second-order valence-electron chi connectivity index (χ2n) is 2.06. The van der Waals surface area contributed by atoms with Gasteiger partial charge in [0.2, 0.25) is 0 Å². The molecule has 0 saturated carbocycles. The summed E-state index contributed by atoms with van der Waals surface area (Å²) >= 11 is 5.49. The van der Waals surface area contributed by atoms with E-state index in [0.29, 0.717) is 0 Å². The molecule has 4 nitrogen and oxygen atoms in total. The van der Waals surface area contributed by atoms with Crippen LogP contribution in [0.25, 0.3) is 0 Å². The fraction of sp³-hybridized carbons (Fsp3) is 0.333. The Morgan fingerprint density at radius 1 is 1.83 bits per heavy atom. The molecule has 0 atom stereocenters. The maximum Gasteiger partial charge on any atom is 0.355 e. The Balaban J connectivity index is 3.04. The molecule has 0 aliphatic rings. The summed E-state index contributed by atoms with van der Waals surface area (Å²) in [6, 6.07) is 0. The number of nitrogens with zero attached hydrogens (tertiary/aromatic N) is 2. The van der Waals surface area contributed by atoms with Crippen molar-refractivity contribution in [1.82, 2.24) is 9.78 Å². The van der Waals surface area contributed by atoms with Gasteiger partial charge in [-0.05, 0) is 0 Å². The molecule has 1 rings (SSSR count). The molecule has 0 spiro atoms. The van der Waals surface area contributed by atoms with Gasteiger partial charge in [0.15, 0.2) is 5.69 Å². The quantitative estimate of drug-likeness (QED) is 0.783. The van der Waals surface area contributed by atoms with E-state index in [1.807, 2.05) is 0 Å². The molecular formula is C6H6ClFN2O2. The molecule has 0 aromatic carbocycles. The predicted molar refractivity (Wildman–Crippen MR) is 40.2 cm³/mol. The van der Waals surface area contributed by atoms with Crippen molar-refractivity contribution in [2.75, 3.05) is 6.67 Å². The van der Waals surface area contributed by atoms with Gasteiger partial charge in [-0.15, -0.1) is 0 Å². The minimum Gasteiger partial charge on any atom is -0.476 e. The molecule has 1 N–H and O–H groups in total. The van der Waals surface area contributed by atoms with Crippen LogP contribution >= 0.6 is 11.6 Å². The van der Waals surface area contributed by atoms with Crippen molar-refractivity contribution in [3.05, 3.63) is 16.9 Å². The van der Waals surface area contributed by atoms with Crippen LogP contribution in [0.2, 0.25) is 5.02 Å². The zero-order valence-electron chi connectivity index (χ0n) is 6.00. The number of aromatic carboxylic acids is 1. The lowest BCUT2D eigenvalue weighted by Crippen LogP contribution is -2.11. The van der Waals surface area contributed by atoms with E-state index in [1.54, 1.807) is 0 Å².